The van der Waals surface area contributed by atoms with Gasteiger partial charge in [-0.05, 0) is 44.9 Å². The summed E-state index contributed by atoms with van der Waals surface area (Å²) in [6.07, 6.45) is 45.9. The highest BCUT2D eigenvalue weighted by Gasteiger charge is 2.62. The molecule has 1 atom stereocenters. The van der Waals surface area contributed by atoms with E-state index in [1.54, 1.807) is 0 Å². The standard InChI is InChI=1S/C46H92O2.2C4H8O2/c1-8-15-22-29-36-43-44(37-30-23-16-9-2,38-31-24-17-10-3)48-46(41-34-27-20-13-6,42-35-28-21-14-7)45(47-43,39-32-25-18-11-4)40-33-26-19-12-5;2*1-2-6-4-3-5-1/h43H,8-42H2,1-7H3;2*1-4H2. The van der Waals surface area contributed by atoms with E-state index >= 15 is 0 Å². The number of hydrogen-bond acceptors (Lipinski definition) is 6. The van der Waals surface area contributed by atoms with Gasteiger partial charge in [0.15, 0.2) is 0 Å². The van der Waals surface area contributed by atoms with Crippen LogP contribution in [0.1, 0.15) is 273 Å². The van der Waals surface area contributed by atoms with Crippen LogP contribution in [0, 0.1) is 0 Å². The Morgan fingerprint density at radius 1 is 0.300 bits per heavy atom. The van der Waals surface area contributed by atoms with Crippen LogP contribution in [-0.2, 0) is 28.4 Å². The highest BCUT2D eigenvalue weighted by molar-refractivity contribution is 5.11. The fraction of sp³-hybridized carbons (Fsp3) is 1.00. The van der Waals surface area contributed by atoms with E-state index in [4.69, 9.17) is 28.4 Å². The van der Waals surface area contributed by atoms with Crippen LogP contribution in [-0.4, -0.2) is 75.8 Å². The molecule has 0 aliphatic carbocycles. The fourth-order valence-electron chi connectivity index (χ4n) is 9.97. The van der Waals surface area contributed by atoms with Gasteiger partial charge in [-0.2, -0.15) is 0 Å². The van der Waals surface area contributed by atoms with Gasteiger partial charge in [0.25, 0.3) is 0 Å². The maximum Gasteiger partial charge on any atom is 0.0979 e. The molecule has 0 radical (unpaired) electrons. The molecule has 360 valence electrons. The molecule has 0 bridgehead atoms. The zero-order chi connectivity index (χ0) is 43.7. The summed E-state index contributed by atoms with van der Waals surface area (Å²) in [4.78, 5) is 0. The Bertz CT molecular complexity index is 801. The quantitative estimate of drug-likeness (QED) is 0.0592. The van der Waals surface area contributed by atoms with Crippen molar-refractivity contribution in [2.24, 2.45) is 0 Å². The minimum absolute atomic E-state index is 0.112. The van der Waals surface area contributed by atoms with Gasteiger partial charge >= 0.3 is 0 Å². The molecule has 3 fully saturated rings. The lowest BCUT2D eigenvalue weighted by Gasteiger charge is -2.63. The molecule has 0 aromatic carbocycles. The third kappa shape index (κ3) is 25.3. The molecule has 0 N–H and O–H groups in total. The lowest BCUT2D eigenvalue weighted by atomic mass is 9.66. The van der Waals surface area contributed by atoms with Gasteiger partial charge in [0, 0.05) is 0 Å². The van der Waals surface area contributed by atoms with E-state index in [9.17, 15) is 0 Å². The minimum Gasteiger partial charge on any atom is -0.377 e. The molecule has 3 aliphatic heterocycles. The third-order valence-corrected chi connectivity index (χ3v) is 13.6. The Balaban J connectivity index is 0.00000127. The maximum absolute atomic E-state index is 8.36. The highest BCUT2D eigenvalue weighted by Crippen LogP contribution is 2.56. The topological polar surface area (TPSA) is 55.4 Å². The van der Waals surface area contributed by atoms with Crippen LogP contribution in [0.4, 0.5) is 0 Å². The lowest BCUT2D eigenvalue weighted by Crippen LogP contribution is -2.70. The Morgan fingerprint density at radius 3 is 0.850 bits per heavy atom. The highest BCUT2D eigenvalue weighted by atomic mass is 16.6. The molecule has 6 heteroatoms. The summed E-state index contributed by atoms with van der Waals surface area (Å²) >= 11 is 0. The van der Waals surface area contributed by atoms with E-state index in [1.807, 2.05) is 0 Å². The molecule has 0 aromatic heterocycles. The first-order valence-electron chi connectivity index (χ1n) is 27.2. The summed E-state index contributed by atoms with van der Waals surface area (Å²) in [5.74, 6) is 0. The molecule has 3 heterocycles. The summed E-state index contributed by atoms with van der Waals surface area (Å²) in [6.45, 7) is 22.8. The van der Waals surface area contributed by atoms with Crippen LogP contribution in [0.3, 0.4) is 0 Å². The largest absolute Gasteiger partial charge is 0.377 e. The zero-order valence-corrected chi connectivity index (χ0v) is 41.9. The lowest BCUT2D eigenvalue weighted by molar-refractivity contribution is -0.367. The molecule has 1 unspecified atom stereocenters. The van der Waals surface area contributed by atoms with Gasteiger partial charge in [-0.1, -0.05) is 228 Å². The van der Waals surface area contributed by atoms with Gasteiger partial charge in [0.1, 0.15) is 0 Å². The van der Waals surface area contributed by atoms with Crippen LogP contribution >= 0.6 is 0 Å². The Morgan fingerprint density at radius 2 is 0.567 bits per heavy atom. The SMILES string of the molecule is C1COCCO1.C1COCCO1.CCCCCCC1OC(CCCCCC)(CCCCCC)C(CCCCCC)(CCCCCC)OC1(CCCCCC)CCCCCC. The Labute approximate surface area is 376 Å². The second-order valence-corrected chi connectivity index (χ2v) is 18.9. The average Bonchev–Trinajstić information content (AvgIpc) is 3.29. The number of unbranched alkanes of at least 4 members (excludes halogenated alkanes) is 21. The van der Waals surface area contributed by atoms with Crippen molar-refractivity contribution < 1.29 is 28.4 Å². The molecule has 0 amide bonds. The van der Waals surface area contributed by atoms with Gasteiger partial charge in [-0.15, -0.1) is 0 Å². The molecule has 3 aliphatic rings. The molecule has 3 rings (SSSR count). The van der Waals surface area contributed by atoms with Crippen molar-refractivity contribution >= 4 is 0 Å². The molecule has 3 saturated heterocycles. The van der Waals surface area contributed by atoms with Gasteiger partial charge in [0.05, 0.1) is 75.8 Å². The first kappa shape index (κ1) is 57.8. The molecule has 0 saturated carbocycles. The smallest absolute Gasteiger partial charge is 0.0979 e. The van der Waals surface area contributed by atoms with E-state index in [2.05, 4.69) is 48.5 Å². The van der Waals surface area contributed by atoms with Crippen molar-refractivity contribution in [2.45, 2.75) is 296 Å². The summed E-state index contributed by atoms with van der Waals surface area (Å²) in [7, 11) is 0. The predicted octanol–water partition coefficient (Wildman–Crippen LogP) is 16.5. The molecular formula is C54H108O6. The summed E-state index contributed by atoms with van der Waals surface area (Å²) < 4.78 is 36.3. The van der Waals surface area contributed by atoms with Crippen molar-refractivity contribution in [3.05, 3.63) is 0 Å². The second-order valence-electron chi connectivity index (χ2n) is 18.9. The van der Waals surface area contributed by atoms with Crippen molar-refractivity contribution in [3.8, 4) is 0 Å². The predicted molar refractivity (Wildman–Crippen MR) is 259 cm³/mol. The van der Waals surface area contributed by atoms with Gasteiger partial charge in [0.2, 0.25) is 0 Å². The van der Waals surface area contributed by atoms with Crippen molar-refractivity contribution in [2.75, 3.05) is 52.9 Å². The van der Waals surface area contributed by atoms with E-state index in [-0.39, 0.29) is 22.9 Å². The fourth-order valence-corrected chi connectivity index (χ4v) is 9.97. The molecule has 6 nitrogen and oxygen atoms in total. The van der Waals surface area contributed by atoms with Crippen LogP contribution in [0.15, 0.2) is 0 Å². The van der Waals surface area contributed by atoms with E-state index in [0.717, 1.165) is 52.9 Å². The van der Waals surface area contributed by atoms with Gasteiger partial charge in [-0.3, -0.25) is 0 Å². The number of hydrogen-bond donors (Lipinski definition) is 0. The van der Waals surface area contributed by atoms with Crippen molar-refractivity contribution in [1.29, 1.82) is 0 Å². The maximum atomic E-state index is 8.36. The van der Waals surface area contributed by atoms with Gasteiger partial charge < -0.3 is 28.4 Å². The van der Waals surface area contributed by atoms with Crippen molar-refractivity contribution in [3.63, 3.8) is 0 Å². The van der Waals surface area contributed by atoms with Crippen LogP contribution in [0.25, 0.3) is 0 Å². The van der Waals surface area contributed by atoms with Crippen molar-refractivity contribution in [1.82, 2.24) is 0 Å². The van der Waals surface area contributed by atoms with Gasteiger partial charge in [-0.25, -0.2) is 0 Å². The van der Waals surface area contributed by atoms with Crippen LogP contribution < -0.4 is 0 Å². The summed E-state index contributed by atoms with van der Waals surface area (Å²) in [6, 6.07) is 0. The van der Waals surface area contributed by atoms with Crippen LogP contribution in [0.2, 0.25) is 0 Å². The summed E-state index contributed by atoms with van der Waals surface area (Å²) in [5, 5.41) is 0. The Kier molecular flexibility index (Phi) is 38.8. The van der Waals surface area contributed by atoms with E-state index < -0.39 is 0 Å². The average molecular weight is 853 g/mol. The van der Waals surface area contributed by atoms with Crippen LogP contribution in [0.5, 0.6) is 0 Å². The first-order chi connectivity index (χ1) is 29.5. The third-order valence-electron chi connectivity index (χ3n) is 13.6. The number of ether oxygens (including phenoxy) is 6. The van der Waals surface area contributed by atoms with E-state index in [0.29, 0.717) is 0 Å². The number of rotatable bonds is 35. The zero-order valence-electron chi connectivity index (χ0n) is 41.9. The summed E-state index contributed by atoms with van der Waals surface area (Å²) in [5.41, 5.74) is -0.374. The monoisotopic (exact) mass is 853 g/mol. The molecule has 0 spiro atoms. The normalized spacial score (nSPS) is 19.6. The first-order valence-corrected chi connectivity index (χ1v) is 27.2. The molecule has 0 aromatic rings. The minimum atomic E-state index is -0.137. The second kappa shape index (κ2) is 40.3. The van der Waals surface area contributed by atoms with E-state index in [1.165, 1.54) is 225 Å². The molecular weight excluding hydrogens is 745 g/mol. The Hall–Kier alpha value is -0.240. The molecule has 60 heavy (non-hydrogen) atoms.